The fourth-order valence-corrected chi connectivity index (χ4v) is 10.3. The number of aryl methyl sites for hydroxylation is 2. The molecule has 2 aromatic heterocycles. The molecule has 0 aliphatic heterocycles. The predicted molar refractivity (Wildman–Crippen MR) is 257 cm³/mol. The summed E-state index contributed by atoms with van der Waals surface area (Å²) in [6.07, 6.45) is 0. The molecule has 0 aliphatic carbocycles. The summed E-state index contributed by atoms with van der Waals surface area (Å²) in [6.45, 7) is 0. The van der Waals surface area contributed by atoms with Gasteiger partial charge >= 0.3 is 0 Å². The number of para-hydroxylation sites is 2. The summed E-state index contributed by atoms with van der Waals surface area (Å²) in [7, 11) is 4.38. The van der Waals surface area contributed by atoms with E-state index >= 15 is 0 Å². The monoisotopic (exact) mass is 764 g/mol. The van der Waals surface area contributed by atoms with Crippen LogP contribution in [-0.2, 0) is 14.1 Å². The van der Waals surface area contributed by atoms with Gasteiger partial charge in [-0.05, 0) is 108 Å². The topological polar surface area (TPSA) is 9.86 Å². The zero-order chi connectivity index (χ0) is 39.9. The molecule has 12 rings (SSSR count). The summed E-state index contributed by atoms with van der Waals surface area (Å²) >= 11 is 0. The van der Waals surface area contributed by atoms with Crippen molar-refractivity contribution in [2.45, 2.75) is 0 Å². The van der Waals surface area contributed by atoms with Crippen LogP contribution in [0.1, 0.15) is 0 Å². The van der Waals surface area contributed by atoms with Gasteiger partial charge in [0.2, 0.25) is 0 Å². The minimum atomic E-state index is 1.20. The lowest BCUT2D eigenvalue weighted by atomic mass is 9.81. The van der Waals surface area contributed by atoms with Gasteiger partial charge in [-0.25, -0.2) is 0 Å². The van der Waals surface area contributed by atoms with Gasteiger partial charge in [-0.3, -0.25) is 0 Å². The summed E-state index contributed by atoms with van der Waals surface area (Å²) < 4.78 is 4.68. The highest BCUT2D eigenvalue weighted by Gasteiger charge is 2.24. The minimum Gasteiger partial charge on any atom is -0.344 e. The Labute approximate surface area is 348 Å². The highest BCUT2D eigenvalue weighted by molar-refractivity contribution is 6.26. The van der Waals surface area contributed by atoms with Crippen molar-refractivity contribution in [3.8, 4) is 55.6 Å². The molecule has 0 saturated heterocycles. The molecule has 2 heterocycles. The molecule has 2 nitrogen and oxygen atoms in total. The molecule has 0 aliphatic rings. The van der Waals surface area contributed by atoms with Crippen LogP contribution in [0.2, 0.25) is 0 Å². The maximum Gasteiger partial charge on any atom is 0.0495 e. The first-order valence-electron chi connectivity index (χ1n) is 20.8. The van der Waals surface area contributed by atoms with Crippen molar-refractivity contribution in [2.75, 3.05) is 0 Å². The average molecular weight is 765 g/mol. The van der Waals surface area contributed by atoms with Crippen LogP contribution >= 0.6 is 0 Å². The third-order valence-corrected chi connectivity index (χ3v) is 13.0. The van der Waals surface area contributed by atoms with E-state index in [-0.39, 0.29) is 0 Å². The summed E-state index contributed by atoms with van der Waals surface area (Å²) in [5.74, 6) is 0. The third kappa shape index (κ3) is 5.01. The Balaban J connectivity index is 1.28. The number of benzene rings is 10. The molecule has 60 heavy (non-hydrogen) atoms. The van der Waals surface area contributed by atoms with Crippen molar-refractivity contribution in [2.24, 2.45) is 14.1 Å². The van der Waals surface area contributed by atoms with E-state index in [2.05, 4.69) is 229 Å². The lowest BCUT2D eigenvalue weighted by Crippen LogP contribution is -1.95. The number of nitrogens with zero attached hydrogens (tertiary/aromatic N) is 2. The average Bonchev–Trinajstić information content (AvgIpc) is 3.78. The first kappa shape index (κ1) is 34.4. The van der Waals surface area contributed by atoms with Gasteiger partial charge < -0.3 is 9.13 Å². The summed E-state index contributed by atoms with van der Waals surface area (Å²) in [6, 6.07) is 76.3. The largest absolute Gasteiger partial charge is 0.344 e. The normalized spacial score (nSPS) is 11.8. The van der Waals surface area contributed by atoms with Crippen molar-refractivity contribution in [3.63, 3.8) is 0 Å². The van der Waals surface area contributed by atoms with Gasteiger partial charge in [-0.2, -0.15) is 0 Å². The van der Waals surface area contributed by atoms with Crippen LogP contribution in [0.15, 0.2) is 206 Å². The zero-order valence-electron chi connectivity index (χ0n) is 33.5. The lowest BCUT2D eigenvalue weighted by molar-refractivity contribution is 1.01. The Bertz CT molecular complexity index is 3430. The van der Waals surface area contributed by atoms with Crippen LogP contribution in [0.4, 0.5) is 0 Å². The molecule has 0 fully saturated rings. The van der Waals surface area contributed by atoms with Gasteiger partial charge in [0, 0.05) is 57.7 Å². The molecular formula is C58H40N2. The van der Waals surface area contributed by atoms with Crippen LogP contribution in [-0.4, -0.2) is 9.13 Å². The second-order valence-corrected chi connectivity index (χ2v) is 16.1. The van der Waals surface area contributed by atoms with Crippen molar-refractivity contribution in [1.82, 2.24) is 9.13 Å². The summed E-state index contributed by atoms with van der Waals surface area (Å²) in [5, 5.41) is 10.1. The van der Waals surface area contributed by atoms with Gasteiger partial charge in [-0.1, -0.05) is 176 Å². The molecule has 0 unspecified atom stereocenters. The first-order chi connectivity index (χ1) is 29.7. The molecule has 0 spiro atoms. The van der Waals surface area contributed by atoms with Crippen molar-refractivity contribution in [3.05, 3.63) is 206 Å². The molecule has 0 bridgehead atoms. The van der Waals surface area contributed by atoms with E-state index in [0.29, 0.717) is 0 Å². The maximum atomic E-state index is 2.50. The second-order valence-electron chi connectivity index (χ2n) is 16.1. The van der Waals surface area contributed by atoms with Crippen molar-refractivity contribution >= 4 is 65.2 Å². The van der Waals surface area contributed by atoms with E-state index in [1.165, 1.54) is 121 Å². The molecular weight excluding hydrogens is 725 g/mol. The lowest BCUT2D eigenvalue weighted by Gasteiger charge is -2.22. The molecule has 2 heteroatoms. The fourth-order valence-electron chi connectivity index (χ4n) is 10.3. The zero-order valence-corrected chi connectivity index (χ0v) is 33.5. The number of rotatable bonds is 5. The Morgan fingerprint density at radius 1 is 0.250 bits per heavy atom. The van der Waals surface area contributed by atoms with E-state index in [0.717, 1.165) is 0 Å². The molecule has 10 aromatic carbocycles. The Hall–Kier alpha value is -7.68. The Morgan fingerprint density at radius 2 is 0.600 bits per heavy atom. The van der Waals surface area contributed by atoms with Crippen LogP contribution in [0.3, 0.4) is 0 Å². The third-order valence-electron chi connectivity index (χ3n) is 13.0. The number of hydrogen-bond donors (Lipinski definition) is 0. The predicted octanol–water partition coefficient (Wildman–Crippen LogP) is 15.6. The van der Waals surface area contributed by atoms with Gasteiger partial charge in [0.15, 0.2) is 0 Å². The maximum absolute atomic E-state index is 2.50. The van der Waals surface area contributed by atoms with Gasteiger partial charge in [0.25, 0.3) is 0 Å². The van der Waals surface area contributed by atoms with E-state index in [1.807, 2.05) is 0 Å². The van der Waals surface area contributed by atoms with Gasteiger partial charge in [0.1, 0.15) is 0 Å². The molecule has 0 atom stereocenters. The van der Waals surface area contributed by atoms with E-state index < -0.39 is 0 Å². The number of hydrogen-bond acceptors (Lipinski definition) is 0. The molecule has 0 saturated carbocycles. The van der Waals surface area contributed by atoms with Crippen LogP contribution in [0, 0.1) is 0 Å². The second kappa shape index (κ2) is 13.4. The molecule has 0 amide bonds. The Kier molecular flexibility index (Phi) is 7.70. The Morgan fingerprint density at radius 3 is 1.08 bits per heavy atom. The number of fused-ring (bicyclic) bond motifs is 8. The molecule has 282 valence electrons. The van der Waals surface area contributed by atoms with E-state index in [4.69, 9.17) is 0 Å². The van der Waals surface area contributed by atoms with Crippen LogP contribution in [0.25, 0.3) is 121 Å². The van der Waals surface area contributed by atoms with E-state index in [1.54, 1.807) is 0 Å². The van der Waals surface area contributed by atoms with Gasteiger partial charge in [0.05, 0.1) is 0 Å². The smallest absolute Gasteiger partial charge is 0.0495 e. The highest BCUT2D eigenvalue weighted by Crippen LogP contribution is 2.50. The SMILES string of the molecule is Cn1c2ccccc2c2c(-c3cccc4c(-c5c(-c6ccccc6)cccc5-c5ccccc5)c5cccc(-c6cccc7c6c6ccccc6n7C)c5cc34)cccc21. The van der Waals surface area contributed by atoms with Crippen LogP contribution < -0.4 is 0 Å². The van der Waals surface area contributed by atoms with Crippen molar-refractivity contribution in [1.29, 1.82) is 0 Å². The molecule has 12 aromatic rings. The summed E-state index contributed by atoms with van der Waals surface area (Å²) in [5.41, 5.74) is 17.2. The van der Waals surface area contributed by atoms with Crippen molar-refractivity contribution < 1.29 is 0 Å². The van der Waals surface area contributed by atoms with E-state index in [9.17, 15) is 0 Å². The number of aromatic nitrogens is 2. The molecule has 0 N–H and O–H groups in total. The standard InChI is InChI=1S/C58H40N2/c1-59-51-32-11-9-22-47(51)55-43(30-16-34-53(55)59)41-26-14-28-45-49(41)36-50-42(44-31-17-35-54-56(44)48-23-10-12-33-52(48)60(54)2)27-15-29-46(50)58(45)57-39(37-18-5-3-6-19-37)24-13-25-40(57)38-20-7-4-8-21-38/h3-36H,1-2H3. The summed E-state index contributed by atoms with van der Waals surface area (Å²) in [4.78, 5) is 0. The molecule has 0 radical (unpaired) electrons. The quantitative estimate of drug-likeness (QED) is 0.155. The highest BCUT2D eigenvalue weighted by atomic mass is 14.9. The van der Waals surface area contributed by atoms with Gasteiger partial charge in [-0.15, -0.1) is 0 Å². The van der Waals surface area contributed by atoms with Crippen LogP contribution in [0.5, 0.6) is 0 Å². The first-order valence-corrected chi connectivity index (χ1v) is 20.8. The fraction of sp³-hybridized carbons (Fsp3) is 0.0345. The minimum absolute atomic E-state index is 1.20.